The SMILES string of the molecule is CCc1nc2c(C)ccnc2n1Cc1ccc2c(-c3ccccc3C(=O)OCC(C)C)oc(Br)c2c1. The first-order valence-corrected chi connectivity index (χ1v) is 12.9. The average molecular weight is 546 g/mol. The van der Waals surface area contributed by atoms with Gasteiger partial charge in [0, 0.05) is 29.0 Å². The van der Waals surface area contributed by atoms with Crippen LogP contribution in [-0.4, -0.2) is 27.1 Å². The molecule has 0 amide bonds. The number of aromatic nitrogens is 3. The Balaban J connectivity index is 1.54. The third-order valence-corrected chi connectivity index (χ3v) is 6.83. The van der Waals surface area contributed by atoms with Crippen LogP contribution in [0.1, 0.15) is 48.1 Å². The number of halogens is 1. The molecule has 0 saturated carbocycles. The Morgan fingerprint density at radius 1 is 1.14 bits per heavy atom. The Morgan fingerprint density at radius 3 is 2.72 bits per heavy atom. The number of fused-ring (bicyclic) bond motifs is 2. The molecule has 0 atom stereocenters. The van der Waals surface area contributed by atoms with Gasteiger partial charge in [-0.3, -0.25) is 0 Å². The number of rotatable bonds is 7. The Hall–Kier alpha value is -3.45. The molecule has 0 aliphatic rings. The summed E-state index contributed by atoms with van der Waals surface area (Å²) in [6, 6.07) is 15.7. The minimum absolute atomic E-state index is 0.262. The summed E-state index contributed by atoms with van der Waals surface area (Å²) in [6.45, 7) is 9.22. The maximum atomic E-state index is 12.8. The van der Waals surface area contributed by atoms with E-state index in [1.165, 1.54) is 0 Å². The molecule has 0 fully saturated rings. The fourth-order valence-electron chi connectivity index (χ4n) is 4.43. The first-order valence-electron chi connectivity index (χ1n) is 12.2. The van der Waals surface area contributed by atoms with Crippen molar-refractivity contribution in [2.24, 2.45) is 5.92 Å². The van der Waals surface area contributed by atoms with E-state index in [0.717, 1.165) is 45.3 Å². The summed E-state index contributed by atoms with van der Waals surface area (Å²) in [5.41, 5.74) is 5.28. The predicted octanol–water partition coefficient (Wildman–Crippen LogP) is 7.34. The number of hydrogen-bond acceptors (Lipinski definition) is 5. The van der Waals surface area contributed by atoms with Crippen molar-refractivity contribution in [1.82, 2.24) is 14.5 Å². The van der Waals surface area contributed by atoms with Crippen LogP contribution in [0.2, 0.25) is 0 Å². The molecule has 0 aliphatic heterocycles. The highest BCUT2D eigenvalue weighted by atomic mass is 79.9. The topological polar surface area (TPSA) is 70.2 Å². The summed E-state index contributed by atoms with van der Waals surface area (Å²) in [4.78, 5) is 22.3. The molecule has 5 rings (SSSR count). The Bertz CT molecular complexity index is 1580. The molecule has 7 heteroatoms. The van der Waals surface area contributed by atoms with Crippen molar-refractivity contribution in [2.75, 3.05) is 6.61 Å². The van der Waals surface area contributed by atoms with Crippen LogP contribution < -0.4 is 0 Å². The normalized spacial score (nSPS) is 11.6. The maximum Gasteiger partial charge on any atom is 0.338 e. The summed E-state index contributed by atoms with van der Waals surface area (Å²) in [5.74, 6) is 1.56. The van der Waals surface area contributed by atoms with E-state index in [-0.39, 0.29) is 11.9 Å². The molecule has 0 saturated heterocycles. The third-order valence-electron chi connectivity index (χ3n) is 6.24. The van der Waals surface area contributed by atoms with Crippen LogP contribution in [0.5, 0.6) is 0 Å². The maximum absolute atomic E-state index is 12.8. The van der Waals surface area contributed by atoms with Crippen LogP contribution in [0.3, 0.4) is 0 Å². The molecule has 36 heavy (non-hydrogen) atoms. The number of hydrogen-bond donors (Lipinski definition) is 0. The Labute approximate surface area is 218 Å². The van der Waals surface area contributed by atoms with Gasteiger partial charge in [-0.2, -0.15) is 0 Å². The number of pyridine rings is 1. The fourth-order valence-corrected chi connectivity index (χ4v) is 4.92. The fraction of sp³-hybridized carbons (Fsp3) is 0.276. The molecule has 0 aliphatic carbocycles. The van der Waals surface area contributed by atoms with Gasteiger partial charge in [0.2, 0.25) is 0 Å². The minimum atomic E-state index is -0.349. The highest BCUT2D eigenvalue weighted by Gasteiger charge is 2.21. The molecule has 3 heterocycles. The van der Waals surface area contributed by atoms with Gasteiger partial charge in [0.15, 0.2) is 10.3 Å². The monoisotopic (exact) mass is 545 g/mol. The van der Waals surface area contributed by atoms with Gasteiger partial charge < -0.3 is 13.7 Å². The zero-order valence-electron chi connectivity index (χ0n) is 20.8. The molecule has 184 valence electrons. The van der Waals surface area contributed by atoms with E-state index in [1.807, 2.05) is 50.4 Å². The molecular weight excluding hydrogens is 518 g/mol. The van der Waals surface area contributed by atoms with Crippen molar-refractivity contribution in [3.8, 4) is 11.3 Å². The van der Waals surface area contributed by atoms with Gasteiger partial charge in [0.05, 0.1) is 18.7 Å². The second-order valence-electron chi connectivity index (χ2n) is 9.39. The van der Waals surface area contributed by atoms with Gasteiger partial charge in [-0.25, -0.2) is 14.8 Å². The quantitative estimate of drug-likeness (QED) is 0.200. The summed E-state index contributed by atoms with van der Waals surface area (Å²) in [7, 11) is 0. The number of furan rings is 1. The minimum Gasteiger partial charge on any atom is -0.462 e. The molecule has 2 aromatic carbocycles. The van der Waals surface area contributed by atoms with Crippen molar-refractivity contribution < 1.29 is 13.9 Å². The van der Waals surface area contributed by atoms with Gasteiger partial charge in [-0.1, -0.05) is 51.1 Å². The molecule has 3 aromatic heterocycles. The molecule has 0 bridgehead atoms. The van der Waals surface area contributed by atoms with Crippen LogP contribution in [-0.2, 0) is 17.7 Å². The van der Waals surface area contributed by atoms with E-state index in [4.69, 9.17) is 14.1 Å². The zero-order valence-corrected chi connectivity index (χ0v) is 22.4. The number of aryl methyl sites for hydroxylation is 2. The molecule has 5 aromatic rings. The Kier molecular flexibility index (Phi) is 6.67. The number of carbonyl (C=O) groups is 1. The smallest absolute Gasteiger partial charge is 0.338 e. The second-order valence-corrected chi connectivity index (χ2v) is 10.1. The molecular formula is C29H28BrN3O3. The van der Waals surface area contributed by atoms with Gasteiger partial charge >= 0.3 is 5.97 Å². The lowest BCUT2D eigenvalue weighted by atomic mass is 10.0. The number of imidazole rings is 1. The van der Waals surface area contributed by atoms with E-state index >= 15 is 0 Å². The third kappa shape index (κ3) is 4.44. The second kappa shape index (κ2) is 9.90. The number of carbonyl (C=O) groups excluding carboxylic acids is 1. The van der Waals surface area contributed by atoms with E-state index in [2.05, 4.69) is 51.5 Å². The Morgan fingerprint density at radius 2 is 1.94 bits per heavy atom. The average Bonchev–Trinajstić information content (AvgIpc) is 3.40. The van der Waals surface area contributed by atoms with Crippen molar-refractivity contribution >= 4 is 43.8 Å². The lowest BCUT2D eigenvalue weighted by molar-refractivity contribution is 0.0459. The van der Waals surface area contributed by atoms with Crippen LogP contribution in [0.15, 0.2) is 63.8 Å². The van der Waals surface area contributed by atoms with Crippen molar-refractivity contribution in [2.45, 2.75) is 40.7 Å². The van der Waals surface area contributed by atoms with Gasteiger partial charge in [0.25, 0.3) is 0 Å². The first kappa shape index (κ1) is 24.3. The number of ether oxygens (including phenoxy) is 1. The number of nitrogens with zero attached hydrogens (tertiary/aromatic N) is 3. The molecule has 6 nitrogen and oxygen atoms in total. The van der Waals surface area contributed by atoms with Gasteiger partial charge in [-0.05, 0) is 58.1 Å². The van der Waals surface area contributed by atoms with E-state index in [1.54, 1.807) is 6.07 Å². The standard InChI is InChI=1S/C29H28BrN3O3/c1-5-24-32-25-18(4)12-13-31-28(25)33(24)15-19-10-11-21-23(14-19)27(30)36-26(21)20-8-6-7-9-22(20)29(34)35-16-17(2)3/h6-14,17H,5,15-16H2,1-4H3. The van der Waals surface area contributed by atoms with Crippen molar-refractivity contribution in [1.29, 1.82) is 0 Å². The first-order chi connectivity index (χ1) is 17.4. The summed E-state index contributed by atoms with van der Waals surface area (Å²) in [5, 5.41) is 1.87. The molecule has 0 radical (unpaired) electrons. The van der Waals surface area contributed by atoms with E-state index in [0.29, 0.717) is 34.7 Å². The van der Waals surface area contributed by atoms with Gasteiger partial charge in [-0.15, -0.1) is 0 Å². The zero-order chi connectivity index (χ0) is 25.4. The molecule has 0 spiro atoms. The van der Waals surface area contributed by atoms with Crippen LogP contribution in [0, 0.1) is 12.8 Å². The van der Waals surface area contributed by atoms with E-state index < -0.39 is 0 Å². The highest BCUT2D eigenvalue weighted by molar-refractivity contribution is 9.10. The summed E-state index contributed by atoms with van der Waals surface area (Å²) < 4.78 is 14.5. The van der Waals surface area contributed by atoms with Crippen LogP contribution >= 0.6 is 15.9 Å². The highest BCUT2D eigenvalue weighted by Crippen LogP contribution is 2.39. The molecule has 0 N–H and O–H groups in total. The lowest BCUT2D eigenvalue weighted by Gasteiger charge is -2.10. The number of esters is 1. The number of benzene rings is 2. The van der Waals surface area contributed by atoms with Crippen molar-refractivity contribution in [3.05, 3.63) is 81.9 Å². The van der Waals surface area contributed by atoms with Crippen molar-refractivity contribution in [3.63, 3.8) is 0 Å². The lowest BCUT2D eigenvalue weighted by Crippen LogP contribution is -2.11. The van der Waals surface area contributed by atoms with E-state index in [9.17, 15) is 4.79 Å². The largest absolute Gasteiger partial charge is 0.462 e. The molecule has 0 unspecified atom stereocenters. The van der Waals surface area contributed by atoms with Gasteiger partial charge in [0.1, 0.15) is 17.1 Å². The van der Waals surface area contributed by atoms with Crippen LogP contribution in [0.4, 0.5) is 0 Å². The predicted molar refractivity (Wildman–Crippen MR) is 145 cm³/mol. The summed E-state index contributed by atoms with van der Waals surface area (Å²) in [6.07, 6.45) is 2.66. The summed E-state index contributed by atoms with van der Waals surface area (Å²) >= 11 is 3.60. The van der Waals surface area contributed by atoms with Crippen LogP contribution in [0.25, 0.3) is 33.3 Å².